The lowest BCUT2D eigenvalue weighted by Crippen LogP contribution is -2.25. The smallest absolute Gasteiger partial charge is 0.252 e. The third-order valence-electron chi connectivity index (χ3n) is 5.17. The highest BCUT2D eigenvalue weighted by Gasteiger charge is 2.35. The fourth-order valence-electron chi connectivity index (χ4n) is 3.79. The van der Waals surface area contributed by atoms with Crippen molar-refractivity contribution in [3.8, 4) is 0 Å². The van der Waals surface area contributed by atoms with Crippen molar-refractivity contribution < 1.29 is 4.79 Å². The normalized spacial score (nSPS) is 20.5. The highest BCUT2D eigenvalue weighted by molar-refractivity contribution is 6.01. The molecule has 0 spiro atoms. The van der Waals surface area contributed by atoms with E-state index in [1.165, 1.54) is 29.6 Å². The molecule has 1 N–H and O–H groups in total. The number of anilines is 1. The lowest BCUT2D eigenvalue weighted by molar-refractivity contribution is -0.117. The summed E-state index contributed by atoms with van der Waals surface area (Å²) in [6.07, 6.45) is 9.74. The summed E-state index contributed by atoms with van der Waals surface area (Å²) >= 11 is 0. The maximum atomic E-state index is 12.5. The van der Waals surface area contributed by atoms with E-state index in [2.05, 4.69) is 28.4 Å². The number of allylic oxidation sites excluding steroid dienone is 6. The van der Waals surface area contributed by atoms with Gasteiger partial charge in [0.1, 0.15) is 5.82 Å². The molecule has 4 heteroatoms. The zero-order valence-electron chi connectivity index (χ0n) is 13.5. The van der Waals surface area contributed by atoms with Gasteiger partial charge in [-0.3, -0.25) is 4.79 Å². The topological polar surface area (TPSA) is 45.2 Å². The summed E-state index contributed by atoms with van der Waals surface area (Å²) in [5, 5.41) is 3.02. The number of nitrogens with one attached hydrogen (secondary N) is 1. The van der Waals surface area contributed by atoms with Gasteiger partial charge in [-0.25, -0.2) is 4.98 Å². The van der Waals surface area contributed by atoms with E-state index in [0.29, 0.717) is 6.54 Å². The summed E-state index contributed by atoms with van der Waals surface area (Å²) in [4.78, 5) is 19.5. The largest absolute Gasteiger partial charge is 0.357 e. The Kier molecular flexibility index (Phi) is 2.98. The lowest BCUT2D eigenvalue weighted by Gasteiger charge is -2.17. The zero-order valence-corrected chi connectivity index (χ0v) is 13.5. The van der Waals surface area contributed by atoms with Crippen molar-refractivity contribution in [2.45, 2.75) is 25.8 Å². The minimum Gasteiger partial charge on any atom is -0.357 e. The molecule has 1 amide bonds. The van der Waals surface area contributed by atoms with Crippen molar-refractivity contribution in [3.63, 3.8) is 0 Å². The minimum atomic E-state index is -0.0108. The SMILES string of the molecule is O=C(NCc1cccc(N2CCCC2)n1)C1=C2C=C3CC3=C2C=C1. The fraction of sp³-hybridized carbons (Fsp3) is 0.300. The number of aromatic nitrogens is 1. The average molecular weight is 317 g/mol. The van der Waals surface area contributed by atoms with Gasteiger partial charge in [-0.15, -0.1) is 0 Å². The van der Waals surface area contributed by atoms with Crippen LogP contribution < -0.4 is 10.2 Å². The highest BCUT2D eigenvalue weighted by atomic mass is 16.1. The molecule has 0 unspecified atom stereocenters. The van der Waals surface area contributed by atoms with Gasteiger partial charge < -0.3 is 10.2 Å². The average Bonchev–Trinajstić information content (AvgIpc) is 3.03. The van der Waals surface area contributed by atoms with Crippen molar-refractivity contribution in [3.05, 3.63) is 70.0 Å². The van der Waals surface area contributed by atoms with E-state index in [9.17, 15) is 4.79 Å². The van der Waals surface area contributed by atoms with E-state index in [4.69, 9.17) is 4.98 Å². The Morgan fingerprint density at radius 2 is 2.04 bits per heavy atom. The zero-order chi connectivity index (χ0) is 16.1. The number of pyridine rings is 1. The molecule has 1 saturated carbocycles. The third-order valence-corrected chi connectivity index (χ3v) is 5.17. The minimum absolute atomic E-state index is 0.0108. The Hall–Kier alpha value is -2.62. The van der Waals surface area contributed by atoms with Gasteiger partial charge in [0.25, 0.3) is 5.91 Å². The Labute approximate surface area is 141 Å². The first-order valence-electron chi connectivity index (χ1n) is 8.65. The lowest BCUT2D eigenvalue weighted by atomic mass is 10.1. The Balaban J connectivity index is 1.28. The van der Waals surface area contributed by atoms with Crippen LogP contribution in [0.25, 0.3) is 0 Å². The Bertz CT molecular complexity index is 867. The number of carbonyl (C=O) groups is 1. The van der Waals surface area contributed by atoms with Gasteiger partial charge in [-0.2, -0.15) is 0 Å². The molecule has 1 aromatic heterocycles. The van der Waals surface area contributed by atoms with Crippen LogP contribution in [0.1, 0.15) is 25.0 Å². The van der Waals surface area contributed by atoms with Crippen LogP contribution in [0.4, 0.5) is 5.82 Å². The monoisotopic (exact) mass is 317 g/mol. The molecular formula is C20H19N3O. The second kappa shape index (κ2) is 5.20. The predicted molar refractivity (Wildman–Crippen MR) is 93.4 cm³/mol. The van der Waals surface area contributed by atoms with Crippen LogP contribution in [0.2, 0.25) is 0 Å². The first-order valence-corrected chi connectivity index (χ1v) is 8.65. The van der Waals surface area contributed by atoms with Gasteiger partial charge in [-0.1, -0.05) is 12.1 Å². The van der Waals surface area contributed by atoms with Crippen LogP contribution in [0.15, 0.2) is 64.3 Å². The summed E-state index contributed by atoms with van der Waals surface area (Å²) in [5.41, 5.74) is 6.87. The first kappa shape index (κ1) is 13.8. The maximum absolute atomic E-state index is 12.5. The van der Waals surface area contributed by atoms with Gasteiger partial charge in [-0.05, 0) is 65.8 Å². The molecule has 1 aromatic rings. The molecular weight excluding hydrogens is 298 g/mol. The molecule has 4 nitrogen and oxygen atoms in total. The van der Waals surface area contributed by atoms with Crippen LogP contribution in [-0.2, 0) is 11.3 Å². The van der Waals surface area contributed by atoms with E-state index in [1.807, 2.05) is 18.2 Å². The standard InChI is InChI=1S/C20H19N3O/c24-20(16-7-6-15-17-10-13(17)11-18(15)16)21-12-14-4-3-5-19(22-14)23-8-1-2-9-23/h3-7,11H,1-2,8-10,12H2,(H,21,24). The van der Waals surface area contributed by atoms with Crippen molar-refractivity contribution in [1.82, 2.24) is 10.3 Å². The van der Waals surface area contributed by atoms with E-state index < -0.39 is 0 Å². The van der Waals surface area contributed by atoms with Crippen molar-refractivity contribution in [2.75, 3.05) is 18.0 Å². The number of carbonyl (C=O) groups excluding carboxylic acids is 1. The summed E-state index contributed by atoms with van der Waals surface area (Å²) in [5.74, 6) is 1.01. The highest BCUT2D eigenvalue weighted by Crippen LogP contribution is 2.51. The quantitative estimate of drug-likeness (QED) is 0.929. The molecule has 0 atom stereocenters. The molecule has 2 heterocycles. The second-order valence-corrected chi connectivity index (χ2v) is 6.76. The number of amides is 1. The Morgan fingerprint density at radius 3 is 2.92 bits per heavy atom. The summed E-state index contributed by atoms with van der Waals surface area (Å²) in [7, 11) is 0. The molecule has 4 aliphatic rings. The number of nitrogens with zero attached hydrogens (tertiary/aromatic N) is 2. The van der Waals surface area contributed by atoms with E-state index in [0.717, 1.165) is 42.2 Å². The molecule has 0 bridgehead atoms. The number of hydrogen-bond donors (Lipinski definition) is 1. The first-order chi connectivity index (χ1) is 11.8. The molecule has 2 fully saturated rings. The van der Waals surface area contributed by atoms with E-state index >= 15 is 0 Å². The molecule has 0 aromatic carbocycles. The summed E-state index contributed by atoms with van der Waals surface area (Å²) in [6.45, 7) is 2.62. The summed E-state index contributed by atoms with van der Waals surface area (Å²) in [6, 6.07) is 6.05. The molecule has 120 valence electrons. The van der Waals surface area contributed by atoms with Gasteiger partial charge in [0.05, 0.1) is 12.2 Å². The number of fused-ring (bicyclic) bond motifs is 2. The van der Waals surface area contributed by atoms with Gasteiger partial charge >= 0.3 is 0 Å². The van der Waals surface area contributed by atoms with Crippen LogP contribution in [-0.4, -0.2) is 24.0 Å². The maximum Gasteiger partial charge on any atom is 0.252 e. The van der Waals surface area contributed by atoms with Crippen LogP contribution >= 0.6 is 0 Å². The molecule has 1 aliphatic heterocycles. The van der Waals surface area contributed by atoms with E-state index in [-0.39, 0.29) is 5.91 Å². The van der Waals surface area contributed by atoms with Crippen LogP contribution in [0, 0.1) is 0 Å². The molecule has 3 aliphatic carbocycles. The molecule has 24 heavy (non-hydrogen) atoms. The van der Waals surface area contributed by atoms with Crippen molar-refractivity contribution in [1.29, 1.82) is 0 Å². The molecule has 5 rings (SSSR count). The van der Waals surface area contributed by atoms with Gasteiger partial charge in [0, 0.05) is 18.7 Å². The second-order valence-electron chi connectivity index (χ2n) is 6.76. The fourth-order valence-corrected chi connectivity index (χ4v) is 3.79. The number of hydrogen-bond acceptors (Lipinski definition) is 3. The predicted octanol–water partition coefficient (Wildman–Crippen LogP) is 2.80. The Morgan fingerprint density at radius 1 is 1.17 bits per heavy atom. The number of rotatable bonds is 4. The van der Waals surface area contributed by atoms with Crippen molar-refractivity contribution >= 4 is 11.7 Å². The van der Waals surface area contributed by atoms with Gasteiger partial charge in [0.2, 0.25) is 0 Å². The summed E-state index contributed by atoms with van der Waals surface area (Å²) < 4.78 is 0. The van der Waals surface area contributed by atoms with Crippen molar-refractivity contribution in [2.24, 2.45) is 0 Å². The van der Waals surface area contributed by atoms with E-state index in [1.54, 1.807) is 0 Å². The third kappa shape index (κ3) is 2.21. The molecule has 0 radical (unpaired) electrons. The van der Waals surface area contributed by atoms with Crippen LogP contribution in [0.3, 0.4) is 0 Å². The molecule has 1 saturated heterocycles. The van der Waals surface area contributed by atoms with Gasteiger partial charge in [0.15, 0.2) is 0 Å². The van der Waals surface area contributed by atoms with Crippen LogP contribution in [0.5, 0.6) is 0 Å².